The number of rotatable bonds is 4. The molecule has 0 saturated heterocycles. The minimum Gasteiger partial charge on any atom is -0.268 e. The summed E-state index contributed by atoms with van der Waals surface area (Å²) in [6, 6.07) is 153. The highest BCUT2D eigenvalue weighted by atomic mass is 16.1. The summed E-state index contributed by atoms with van der Waals surface area (Å²) in [5.74, 6) is 0. The Kier molecular flexibility index (Phi) is 14.7. The molecule has 0 N–H and O–H groups in total. The van der Waals surface area contributed by atoms with Gasteiger partial charge in [0.1, 0.15) is 16.9 Å². The van der Waals surface area contributed by atoms with E-state index in [2.05, 4.69) is 340 Å². The molecule has 2 aliphatic carbocycles. The van der Waals surface area contributed by atoms with Crippen LogP contribution < -0.4 is 16.7 Å². The van der Waals surface area contributed by atoms with Gasteiger partial charge in [0.2, 0.25) is 0 Å². The van der Waals surface area contributed by atoms with Gasteiger partial charge in [-0.1, -0.05) is 352 Å². The van der Waals surface area contributed by atoms with E-state index in [4.69, 9.17) is 15.0 Å². The van der Waals surface area contributed by atoms with Gasteiger partial charge in [0.25, 0.3) is 16.7 Å². The summed E-state index contributed by atoms with van der Waals surface area (Å²) < 4.78 is 5.38. The molecular weight excluding hydrogens is 1810 g/mol. The number of pyridine rings is 3. The predicted octanol–water partition coefficient (Wildman–Crippen LogP) is 35.2. The average molecular weight is 1880 g/mol. The highest BCUT2D eigenvalue weighted by Crippen LogP contribution is 2.63. The third-order valence-corrected chi connectivity index (χ3v) is 34.4. The first-order valence-corrected chi connectivity index (χ1v) is 51.2. The number of fused-ring (bicyclic) bond motifs is 31. The van der Waals surface area contributed by atoms with Crippen molar-refractivity contribution < 1.29 is 0 Å². The Morgan fingerprint density at radius 3 is 0.698 bits per heavy atom. The number of imidazole rings is 3. The van der Waals surface area contributed by atoms with Gasteiger partial charge >= 0.3 is 0 Å². The molecule has 149 heavy (non-hydrogen) atoms. The van der Waals surface area contributed by atoms with E-state index in [0.29, 0.717) is 0 Å². The summed E-state index contributed by atoms with van der Waals surface area (Å²) in [7, 11) is 0. The summed E-state index contributed by atoms with van der Waals surface area (Å²) in [6.45, 7) is 0. The highest BCUT2D eigenvalue weighted by Gasteiger charge is 2.37. The number of aromatic nitrogens is 6. The van der Waals surface area contributed by atoms with Crippen LogP contribution in [0.5, 0.6) is 0 Å². The Morgan fingerprint density at radius 2 is 0.362 bits per heavy atom. The third kappa shape index (κ3) is 9.65. The van der Waals surface area contributed by atoms with Crippen molar-refractivity contribution >= 4 is 276 Å². The van der Waals surface area contributed by atoms with Crippen LogP contribution in [-0.2, 0) is 0 Å². The van der Waals surface area contributed by atoms with Crippen molar-refractivity contribution in [1.82, 2.24) is 28.2 Å². The van der Waals surface area contributed by atoms with Crippen LogP contribution in [0.1, 0.15) is 0 Å². The maximum Gasteiger partial charge on any atom is 0.264 e. The summed E-state index contributed by atoms with van der Waals surface area (Å²) in [6.07, 6.45) is 0. The number of hydrogen-bond donors (Lipinski definition) is 0. The van der Waals surface area contributed by atoms with Gasteiger partial charge in [0, 0.05) is 48.5 Å². The lowest BCUT2D eigenvalue weighted by atomic mass is 9.82. The smallest absolute Gasteiger partial charge is 0.264 e. The average Bonchev–Trinajstić information content (AvgIpc) is 1.11. The summed E-state index contributed by atoms with van der Waals surface area (Å²) in [4.78, 5) is 57.5. The van der Waals surface area contributed by atoms with Crippen molar-refractivity contribution in [2.75, 3.05) is 0 Å². The zero-order valence-electron chi connectivity index (χ0n) is 79.3. The highest BCUT2D eigenvalue weighted by molar-refractivity contribution is 6.52. The predicted molar refractivity (Wildman–Crippen MR) is 625 cm³/mol. The van der Waals surface area contributed by atoms with Crippen LogP contribution in [-0.4, -0.2) is 28.2 Å². The fourth-order valence-electron chi connectivity index (χ4n) is 28.8. The summed E-state index contributed by atoms with van der Waals surface area (Å²) in [5.41, 5.74) is 27.6. The molecule has 0 aliphatic heterocycles. The Hall–Kier alpha value is -20.0. The molecule has 0 saturated carbocycles. The van der Waals surface area contributed by atoms with Gasteiger partial charge in [-0.25, -0.2) is 15.0 Å². The molecule has 0 bridgehead atoms. The number of para-hydroxylation sites is 6. The van der Waals surface area contributed by atoms with Crippen LogP contribution in [0.25, 0.3) is 365 Å². The third-order valence-electron chi connectivity index (χ3n) is 34.4. The number of nitrogens with zero attached hydrogens (tertiary/aromatic N) is 6. The maximum atomic E-state index is 14.4. The lowest BCUT2D eigenvalue weighted by Gasteiger charge is -2.20. The van der Waals surface area contributed by atoms with Crippen LogP contribution in [0.15, 0.2) is 439 Å². The van der Waals surface area contributed by atoms with E-state index < -0.39 is 0 Å². The van der Waals surface area contributed by atoms with Gasteiger partial charge in [0.15, 0.2) is 0 Å². The van der Waals surface area contributed by atoms with Gasteiger partial charge in [0.05, 0.1) is 33.1 Å². The van der Waals surface area contributed by atoms with Crippen LogP contribution in [0.2, 0.25) is 0 Å². The molecule has 38 rings (SSSR count). The molecule has 36 aromatic rings. The lowest BCUT2D eigenvalue weighted by Crippen LogP contribution is -2.13. The van der Waals surface area contributed by atoms with Crippen molar-refractivity contribution in [1.29, 1.82) is 0 Å². The molecule has 0 spiro atoms. The first kappa shape index (κ1) is 78.6. The maximum absolute atomic E-state index is 14.4. The minimum atomic E-state index is -0.0212. The standard InChI is InChI=1S/C56H28N2O.C50H26N2O.C34H16N2O/c59-56-41-28-24-35-33-22-26-39-49-38(25-21-32(47(33)49)34-23-27-40(50(41)48(34)35)55-57-42-19-7-8-20-43(42)58(55)56)53-45(30-11-3-1-4-12-30)51-36-17-9-15-29-16-10-18-37(44(29)36)52(51)46(54(39)53)31-13-5-2-6-14-31;53-50-38-26-22-34-32-20-24-36-45-35(23-19-31(43(32)45)33-21-25-37(46(38)44(33)34)49-51-39-17-9-10-18-40(39)52(49)50)47-41(27-11-3-1-4-12-27)29-15-7-8-16-30(29)42(48(36)47)28-13-5-2-6-14-28;37-34-26-16-14-24-22-12-10-20-18-6-2-1-5-17(18)19-9-11-21(30(22)29(19)20)23-13-15-25(32(26)31(23)24)33-35-27-7-3-4-8-28(27)36(33)34/h1-28H;1-26H;1-16H. The van der Waals surface area contributed by atoms with Crippen molar-refractivity contribution in [3.63, 3.8) is 0 Å². The van der Waals surface area contributed by atoms with Crippen LogP contribution in [0.4, 0.5) is 0 Å². The van der Waals surface area contributed by atoms with Crippen molar-refractivity contribution in [2.24, 2.45) is 0 Å². The lowest BCUT2D eigenvalue weighted by molar-refractivity contribution is 1.19. The molecule has 9 nitrogen and oxygen atoms in total. The Morgan fingerprint density at radius 1 is 0.134 bits per heavy atom. The van der Waals surface area contributed by atoms with Gasteiger partial charge < -0.3 is 0 Å². The molecule has 0 radical (unpaired) electrons. The quantitative estimate of drug-likeness (QED) is 0.128. The topological polar surface area (TPSA) is 103 Å². The first-order valence-electron chi connectivity index (χ1n) is 51.2. The van der Waals surface area contributed by atoms with Crippen molar-refractivity contribution in [3.8, 4) is 89.0 Å². The normalized spacial score (nSPS) is 12.8. The van der Waals surface area contributed by atoms with Gasteiger partial charge in [-0.2, -0.15) is 0 Å². The molecule has 0 unspecified atom stereocenters. The van der Waals surface area contributed by atoms with Crippen molar-refractivity contribution in [2.45, 2.75) is 0 Å². The number of benzene rings is 28. The monoisotopic (exact) mass is 1880 g/mol. The molecule has 0 amide bonds. The van der Waals surface area contributed by atoms with E-state index in [9.17, 15) is 14.4 Å². The Balaban J connectivity index is 0.0000000944. The SMILES string of the molecule is O=c1c2ccc3c4ccc5c6c(-c7ccccc7)c7c8cccc9cccc(c7c(-c7ccccc7)c6c6ccc(c7ccc(c2c37)c2nc3ccccc3n12)c4c56)c98.O=c1c2ccc3c4ccc5c6c(ccc(c7ccc(c2c37)c2nc3ccccc3n12)c64)-c1c-5c(-c2ccccc2)c2ccccc2c1-c1ccccc1.O=c1c2ccc3c4ccc5c6c(ccc(c7ccc(c2c37)c2nc3ccccc3n12)c64)-c1ccccc1-5. The van der Waals surface area contributed by atoms with Crippen molar-refractivity contribution in [3.05, 3.63) is 456 Å². The van der Waals surface area contributed by atoms with Gasteiger partial charge in [-0.15, -0.1) is 0 Å². The molecule has 30 aromatic carbocycles. The van der Waals surface area contributed by atoms with E-state index >= 15 is 0 Å². The molecule has 9 heteroatoms. The second kappa shape index (κ2) is 27.9. The van der Waals surface area contributed by atoms with Gasteiger partial charge in [-0.3, -0.25) is 27.6 Å². The van der Waals surface area contributed by atoms with Gasteiger partial charge in [-0.05, 0) is 340 Å². The zero-order valence-corrected chi connectivity index (χ0v) is 79.3. The van der Waals surface area contributed by atoms with E-state index in [1.165, 1.54) is 251 Å². The summed E-state index contributed by atoms with van der Waals surface area (Å²) in [5, 5.41) is 49.4. The molecule has 6 heterocycles. The second-order valence-corrected chi connectivity index (χ2v) is 41.1. The first-order chi connectivity index (χ1) is 73.8. The van der Waals surface area contributed by atoms with E-state index in [0.717, 1.165) is 115 Å². The second-order valence-electron chi connectivity index (χ2n) is 41.1. The molecule has 678 valence electrons. The molecule has 2 aliphatic rings. The largest absolute Gasteiger partial charge is 0.268 e. The summed E-state index contributed by atoms with van der Waals surface area (Å²) >= 11 is 0. The van der Waals surface area contributed by atoms with E-state index in [-0.39, 0.29) is 16.7 Å². The Bertz CT molecular complexity index is 12300. The molecule has 0 fully saturated rings. The van der Waals surface area contributed by atoms with E-state index in [1.807, 2.05) is 84.9 Å². The molecule has 6 aromatic heterocycles. The fraction of sp³-hybridized carbons (Fsp3) is 0. The van der Waals surface area contributed by atoms with Crippen LogP contribution in [0.3, 0.4) is 0 Å². The van der Waals surface area contributed by atoms with E-state index in [1.54, 1.807) is 13.2 Å². The van der Waals surface area contributed by atoms with Crippen LogP contribution >= 0.6 is 0 Å². The molecular formula is C140H70N6O3. The number of hydrogen-bond acceptors (Lipinski definition) is 6. The fourth-order valence-corrected chi connectivity index (χ4v) is 28.8. The zero-order chi connectivity index (χ0) is 96.8. The van der Waals surface area contributed by atoms with Crippen LogP contribution in [0, 0.1) is 0 Å². The minimum absolute atomic E-state index is 0.00472. The molecule has 0 atom stereocenters. The Labute approximate surface area is 843 Å².